The van der Waals surface area contributed by atoms with Gasteiger partial charge in [-0.1, -0.05) is 37.5 Å². The zero-order valence-corrected chi connectivity index (χ0v) is 17.3. The number of hydrogen-bond donors (Lipinski definition) is 1. The first-order chi connectivity index (χ1) is 13.6. The molecule has 1 saturated heterocycles. The number of rotatable bonds is 5. The topological polar surface area (TPSA) is 37.3 Å². The summed E-state index contributed by atoms with van der Waals surface area (Å²) in [7, 11) is 0. The molecule has 1 aliphatic carbocycles. The molecule has 150 valence electrons. The summed E-state index contributed by atoms with van der Waals surface area (Å²) in [6, 6.07) is 13.2. The molecule has 0 radical (unpaired) electrons. The minimum Gasteiger partial charge on any atom is -0.371 e. The summed E-state index contributed by atoms with van der Waals surface area (Å²) < 4.78 is 2.42. The summed E-state index contributed by atoms with van der Waals surface area (Å²) in [6.07, 6.45) is 7.59. The Morgan fingerprint density at radius 2 is 1.82 bits per heavy atom. The summed E-state index contributed by atoms with van der Waals surface area (Å²) in [5, 5.41) is 3.22. The van der Waals surface area contributed by atoms with E-state index in [9.17, 15) is 4.79 Å². The number of anilines is 1. The quantitative estimate of drug-likeness (QED) is 0.805. The highest BCUT2D eigenvalue weighted by Crippen LogP contribution is 2.32. The van der Waals surface area contributed by atoms with Crippen molar-refractivity contribution in [1.82, 2.24) is 9.88 Å². The molecule has 1 unspecified atom stereocenters. The van der Waals surface area contributed by atoms with Gasteiger partial charge in [0.05, 0.1) is 5.56 Å². The van der Waals surface area contributed by atoms with Gasteiger partial charge in [-0.2, -0.15) is 0 Å². The van der Waals surface area contributed by atoms with Crippen LogP contribution in [0.1, 0.15) is 66.3 Å². The van der Waals surface area contributed by atoms with Gasteiger partial charge >= 0.3 is 0 Å². The molecule has 4 nitrogen and oxygen atoms in total. The van der Waals surface area contributed by atoms with E-state index in [1.54, 1.807) is 0 Å². The van der Waals surface area contributed by atoms with E-state index in [0.717, 1.165) is 37.3 Å². The van der Waals surface area contributed by atoms with E-state index in [1.165, 1.54) is 43.5 Å². The predicted octanol–water partition coefficient (Wildman–Crippen LogP) is 4.87. The summed E-state index contributed by atoms with van der Waals surface area (Å²) in [6.45, 7) is 7.11. The van der Waals surface area contributed by atoms with Crippen LogP contribution in [0.3, 0.4) is 0 Å². The Labute approximate surface area is 168 Å². The zero-order chi connectivity index (χ0) is 19.5. The van der Waals surface area contributed by atoms with Crippen LogP contribution in [0.25, 0.3) is 0 Å². The second-order valence-corrected chi connectivity index (χ2v) is 8.59. The first-order valence-electron chi connectivity index (χ1n) is 10.9. The Balaban J connectivity index is 1.36. The van der Waals surface area contributed by atoms with Gasteiger partial charge in [-0.15, -0.1) is 0 Å². The lowest BCUT2D eigenvalue weighted by atomic mass is 9.95. The highest BCUT2D eigenvalue weighted by molar-refractivity contribution is 5.95. The van der Waals surface area contributed by atoms with E-state index in [-0.39, 0.29) is 5.91 Å². The number of para-hydroxylation sites is 1. The average Bonchev–Trinajstić information content (AvgIpc) is 3.32. The smallest absolute Gasteiger partial charge is 0.253 e. The molecule has 1 amide bonds. The van der Waals surface area contributed by atoms with Crippen LogP contribution in [0.4, 0.5) is 5.69 Å². The third-order valence-corrected chi connectivity index (χ3v) is 6.63. The molecule has 0 bridgehead atoms. The lowest BCUT2D eigenvalue weighted by Crippen LogP contribution is -2.31. The fourth-order valence-electron chi connectivity index (χ4n) is 5.11. The molecule has 2 heterocycles. The third-order valence-electron chi connectivity index (χ3n) is 6.63. The highest BCUT2D eigenvalue weighted by Gasteiger charge is 2.25. The van der Waals surface area contributed by atoms with Crippen molar-refractivity contribution in [3.8, 4) is 0 Å². The van der Waals surface area contributed by atoms with Crippen LogP contribution in [0, 0.1) is 19.8 Å². The van der Waals surface area contributed by atoms with Crippen molar-refractivity contribution >= 4 is 11.6 Å². The van der Waals surface area contributed by atoms with Gasteiger partial charge in [0.2, 0.25) is 0 Å². The molecular weight excluding hydrogens is 346 g/mol. The molecule has 1 atom stereocenters. The standard InChI is InChI=1S/C24H33N3O/c1-18-15-23(19(2)27(18)22-11-7-4-8-12-22)24(28)25-16-20-13-14-26(17-20)21-9-5-3-6-10-21/h3,5-6,9-10,15,20,22H,4,7-8,11-14,16-17H2,1-2H3,(H,25,28). The molecule has 4 rings (SSSR count). The number of aryl methyl sites for hydroxylation is 1. The van der Waals surface area contributed by atoms with Crippen LogP contribution in [0.15, 0.2) is 36.4 Å². The lowest BCUT2D eigenvalue weighted by molar-refractivity contribution is 0.0947. The Morgan fingerprint density at radius 1 is 1.07 bits per heavy atom. The van der Waals surface area contributed by atoms with E-state index in [1.807, 2.05) is 0 Å². The number of nitrogens with one attached hydrogen (secondary N) is 1. The number of carbonyl (C=O) groups excluding carboxylic acids is 1. The van der Waals surface area contributed by atoms with Gasteiger partial charge in [-0.05, 0) is 57.2 Å². The summed E-state index contributed by atoms with van der Waals surface area (Å²) in [4.78, 5) is 15.3. The molecule has 1 N–H and O–H groups in total. The van der Waals surface area contributed by atoms with Crippen molar-refractivity contribution in [2.45, 2.75) is 58.4 Å². The van der Waals surface area contributed by atoms with Crippen molar-refractivity contribution in [3.63, 3.8) is 0 Å². The normalized spacial score (nSPS) is 20.5. The van der Waals surface area contributed by atoms with Crippen LogP contribution in [0.2, 0.25) is 0 Å². The molecule has 28 heavy (non-hydrogen) atoms. The maximum atomic E-state index is 12.9. The minimum atomic E-state index is 0.0910. The zero-order valence-electron chi connectivity index (χ0n) is 17.3. The second-order valence-electron chi connectivity index (χ2n) is 8.59. The Hall–Kier alpha value is -2.23. The van der Waals surface area contributed by atoms with Gasteiger partial charge in [0.25, 0.3) is 5.91 Å². The van der Waals surface area contributed by atoms with Crippen LogP contribution >= 0.6 is 0 Å². The van der Waals surface area contributed by atoms with E-state index in [4.69, 9.17) is 0 Å². The van der Waals surface area contributed by atoms with Crippen LogP contribution < -0.4 is 10.2 Å². The molecule has 0 spiro atoms. The molecule has 4 heteroatoms. The molecule has 1 saturated carbocycles. The molecule has 1 aromatic heterocycles. The molecular formula is C24H33N3O. The van der Waals surface area contributed by atoms with E-state index in [2.05, 4.69) is 65.0 Å². The van der Waals surface area contributed by atoms with Gasteiger partial charge in [0.1, 0.15) is 0 Å². The number of amides is 1. The van der Waals surface area contributed by atoms with Gasteiger partial charge < -0.3 is 14.8 Å². The lowest BCUT2D eigenvalue weighted by Gasteiger charge is -2.26. The number of hydrogen-bond acceptors (Lipinski definition) is 2. The largest absolute Gasteiger partial charge is 0.371 e. The molecule has 2 aromatic rings. The van der Waals surface area contributed by atoms with Crippen molar-refractivity contribution in [2.24, 2.45) is 5.92 Å². The number of benzene rings is 1. The second kappa shape index (κ2) is 8.42. The SMILES string of the molecule is Cc1cc(C(=O)NCC2CCN(c3ccccc3)C2)c(C)n1C1CCCCC1. The number of nitrogens with zero attached hydrogens (tertiary/aromatic N) is 2. The Kier molecular flexibility index (Phi) is 5.74. The first kappa shape index (κ1) is 19.1. The van der Waals surface area contributed by atoms with Gasteiger partial charge in [-0.25, -0.2) is 0 Å². The van der Waals surface area contributed by atoms with Crippen LogP contribution in [0.5, 0.6) is 0 Å². The van der Waals surface area contributed by atoms with E-state index in [0.29, 0.717) is 12.0 Å². The molecule has 2 fully saturated rings. The Morgan fingerprint density at radius 3 is 2.57 bits per heavy atom. The maximum absolute atomic E-state index is 12.9. The molecule has 2 aliphatic rings. The fraction of sp³-hybridized carbons (Fsp3) is 0.542. The Bertz CT molecular complexity index is 805. The van der Waals surface area contributed by atoms with Crippen LogP contribution in [-0.2, 0) is 0 Å². The van der Waals surface area contributed by atoms with E-state index < -0.39 is 0 Å². The number of carbonyl (C=O) groups is 1. The number of aromatic nitrogens is 1. The summed E-state index contributed by atoms with van der Waals surface area (Å²) in [5.41, 5.74) is 4.51. The average molecular weight is 380 g/mol. The van der Waals surface area contributed by atoms with Gasteiger partial charge in [-0.3, -0.25) is 4.79 Å². The summed E-state index contributed by atoms with van der Waals surface area (Å²) >= 11 is 0. The van der Waals surface area contributed by atoms with E-state index >= 15 is 0 Å². The predicted molar refractivity (Wildman–Crippen MR) is 115 cm³/mol. The first-order valence-corrected chi connectivity index (χ1v) is 10.9. The maximum Gasteiger partial charge on any atom is 0.253 e. The monoisotopic (exact) mass is 379 g/mol. The van der Waals surface area contributed by atoms with Gasteiger partial charge in [0, 0.05) is 42.8 Å². The minimum absolute atomic E-state index is 0.0910. The summed E-state index contributed by atoms with van der Waals surface area (Å²) in [5.74, 6) is 0.610. The third kappa shape index (κ3) is 3.96. The van der Waals surface area contributed by atoms with Crippen molar-refractivity contribution < 1.29 is 4.79 Å². The molecule has 1 aliphatic heterocycles. The van der Waals surface area contributed by atoms with Crippen molar-refractivity contribution in [3.05, 3.63) is 53.3 Å². The van der Waals surface area contributed by atoms with Crippen molar-refractivity contribution in [2.75, 3.05) is 24.5 Å². The molecule has 1 aromatic carbocycles. The van der Waals surface area contributed by atoms with Crippen LogP contribution in [-0.4, -0.2) is 30.1 Å². The van der Waals surface area contributed by atoms with Crippen molar-refractivity contribution in [1.29, 1.82) is 0 Å². The van der Waals surface area contributed by atoms with Gasteiger partial charge in [0.15, 0.2) is 0 Å². The fourth-order valence-corrected chi connectivity index (χ4v) is 5.11. The highest BCUT2D eigenvalue weighted by atomic mass is 16.1.